The average Bonchev–Trinajstić information content (AvgIpc) is 3.34. The fourth-order valence-electron chi connectivity index (χ4n) is 2.80. The van der Waals surface area contributed by atoms with Gasteiger partial charge in [0.05, 0.1) is 17.1 Å². The zero-order valence-corrected chi connectivity index (χ0v) is 13.3. The molecule has 4 N–H and O–H groups in total. The van der Waals surface area contributed by atoms with Gasteiger partial charge in [-0.25, -0.2) is 0 Å². The number of nitrogens with zero attached hydrogens (tertiary/aromatic N) is 3. The maximum atomic E-state index is 12.8. The predicted octanol–water partition coefficient (Wildman–Crippen LogP) is 2.30. The summed E-state index contributed by atoms with van der Waals surface area (Å²) in [7, 11) is 0. The number of anilines is 1. The van der Waals surface area contributed by atoms with Crippen LogP contribution in [0.4, 0.5) is 5.95 Å². The molecule has 1 aliphatic carbocycles. The van der Waals surface area contributed by atoms with Gasteiger partial charge in [0.15, 0.2) is 0 Å². The predicted molar refractivity (Wildman–Crippen MR) is 90.4 cm³/mol. The molecule has 7 heteroatoms. The highest BCUT2D eigenvalue weighted by atomic mass is 16.1. The minimum atomic E-state index is -0.321. The summed E-state index contributed by atoms with van der Waals surface area (Å²) >= 11 is 0. The van der Waals surface area contributed by atoms with Crippen molar-refractivity contribution in [3.8, 4) is 0 Å². The van der Waals surface area contributed by atoms with Gasteiger partial charge < -0.3 is 11.1 Å². The van der Waals surface area contributed by atoms with E-state index in [4.69, 9.17) is 10.7 Å². The van der Waals surface area contributed by atoms with Crippen LogP contribution in [-0.4, -0.2) is 26.1 Å². The van der Waals surface area contributed by atoms with E-state index in [9.17, 15) is 4.79 Å². The molecule has 7 nitrogen and oxygen atoms in total. The number of H-pyrrole nitrogens is 1. The van der Waals surface area contributed by atoms with E-state index < -0.39 is 0 Å². The molecule has 1 aliphatic rings. The van der Waals surface area contributed by atoms with E-state index in [1.54, 1.807) is 0 Å². The lowest BCUT2D eigenvalue weighted by atomic mass is 10.0. The number of carbonyl (C=O) groups is 1. The Morgan fingerprint density at radius 2 is 2.12 bits per heavy atom. The molecule has 3 aromatic rings. The van der Waals surface area contributed by atoms with E-state index in [2.05, 4.69) is 20.5 Å². The number of benzene rings is 1. The van der Waals surface area contributed by atoms with Gasteiger partial charge in [-0.3, -0.25) is 14.9 Å². The van der Waals surface area contributed by atoms with Crippen molar-refractivity contribution in [1.29, 1.82) is 0 Å². The molecule has 2 heterocycles. The van der Waals surface area contributed by atoms with E-state index in [1.165, 1.54) is 0 Å². The van der Waals surface area contributed by atoms with Crippen molar-refractivity contribution in [1.82, 2.24) is 25.5 Å². The first-order valence-corrected chi connectivity index (χ1v) is 8.00. The molecule has 122 valence electrons. The van der Waals surface area contributed by atoms with Crippen LogP contribution in [0.3, 0.4) is 0 Å². The van der Waals surface area contributed by atoms with E-state index in [-0.39, 0.29) is 17.9 Å². The van der Waals surface area contributed by atoms with Crippen molar-refractivity contribution in [2.24, 2.45) is 0 Å². The number of amides is 1. The van der Waals surface area contributed by atoms with Gasteiger partial charge >= 0.3 is 0 Å². The van der Waals surface area contributed by atoms with Crippen LogP contribution in [0.1, 0.15) is 53.6 Å². The SMILES string of the molecule is C[C@@H](NC(=O)c1cc(C2CC2)nc2ccccc12)c1nc(N)n[nH]1. The monoisotopic (exact) mass is 322 g/mol. The second kappa shape index (κ2) is 5.59. The van der Waals surface area contributed by atoms with E-state index in [1.807, 2.05) is 37.3 Å². The first-order chi connectivity index (χ1) is 11.6. The minimum Gasteiger partial charge on any atom is -0.367 e. The van der Waals surface area contributed by atoms with Crippen LogP contribution >= 0.6 is 0 Å². The Morgan fingerprint density at radius 1 is 1.33 bits per heavy atom. The number of rotatable bonds is 4. The first-order valence-electron chi connectivity index (χ1n) is 8.00. The minimum absolute atomic E-state index is 0.155. The molecule has 0 saturated heterocycles. The Bertz CT molecular complexity index is 914. The third-order valence-electron chi connectivity index (χ3n) is 4.25. The Labute approximate surface area is 138 Å². The molecule has 24 heavy (non-hydrogen) atoms. The molecule has 0 aliphatic heterocycles. The Morgan fingerprint density at radius 3 is 2.83 bits per heavy atom. The van der Waals surface area contributed by atoms with E-state index in [0.717, 1.165) is 29.4 Å². The summed E-state index contributed by atoms with van der Waals surface area (Å²) in [5.41, 5.74) is 8.01. The number of nitrogen functional groups attached to an aromatic ring is 1. The third kappa shape index (κ3) is 2.68. The second-order valence-corrected chi connectivity index (χ2v) is 6.16. The number of aromatic nitrogens is 4. The van der Waals surface area contributed by atoms with Crippen molar-refractivity contribution in [3.63, 3.8) is 0 Å². The van der Waals surface area contributed by atoms with Gasteiger partial charge in [0, 0.05) is 17.0 Å². The first kappa shape index (κ1) is 14.6. The number of nitrogens with two attached hydrogens (primary N) is 1. The smallest absolute Gasteiger partial charge is 0.252 e. The summed E-state index contributed by atoms with van der Waals surface area (Å²) in [6.45, 7) is 1.84. The second-order valence-electron chi connectivity index (χ2n) is 6.16. The number of aromatic amines is 1. The Hall–Kier alpha value is -2.96. The molecule has 4 rings (SSSR count). The molecule has 0 bridgehead atoms. The van der Waals surface area contributed by atoms with Crippen molar-refractivity contribution in [2.75, 3.05) is 5.73 Å². The van der Waals surface area contributed by atoms with Gasteiger partial charge in [-0.05, 0) is 31.9 Å². The topological polar surface area (TPSA) is 110 Å². The van der Waals surface area contributed by atoms with Crippen molar-refractivity contribution >= 4 is 22.8 Å². The Kier molecular flexibility index (Phi) is 3.41. The lowest BCUT2D eigenvalue weighted by Gasteiger charge is -2.13. The van der Waals surface area contributed by atoms with Crippen LogP contribution < -0.4 is 11.1 Å². The van der Waals surface area contributed by atoms with E-state index >= 15 is 0 Å². The molecule has 1 amide bonds. The lowest BCUT2D eigenvalue weighted by molar-refractivity contribution is 0.0940. The molecule has 0 radical (unpaired) electrons. The fraction of sp³-hybridized carbons (Fsp3) is 0.294. The van der Waals surface area contributed by atoms with Gasteiger partial charge in [0.25, 0.3) is 5.91 Å². The summed E-state index contributed by atoms with van der Waals surface area (Å²) in [6, 6.07) is 9.31. The summed E-state index contributed by atoms with van der Waals surface area (Å²) in [4.78, 5) is 21.6. The van der Waals surface area contributed by atoms with Gasteiger partial charge in [-0.1, -0.05) is 18.2 Å². The highest BCUT2D eigenvalue weighted by molar-refractivity contribution is 6.06. The zero-order valence-electron chi connectivity index (χ0n) is 13.3. The zero-order chi connectivity index (χ0) is 16.7. The number of fused-ring (bicyclic) bond motifs is 1. The summed E-state index contributed by atoms with van der Waals surface area (Å²) in [5.74, 6) is 1.02. The van der Waals surface area contributed by atoms with Crippen molar-refractivity contribution in [2.45, 2.75) is 31.7 Å². The quantitative estimate of drug-likeness (QED) is 0.683. The summed E-state index contributed by atoms with van der Waals surface area (Å²) < 4.78 is 0. The average molecular weight is 322 g/mol. The highest BCUT2D eigenvalue weighted by Gasteiger charge is 2.27. The van der Waals surface area contributed by atoms with Crippen LogP contribution in [0, 0.1) is 0 Å². The maximum absolute atomic E-state index is 12.8. The number of carbonyl (C=O) groups excluding carboxylic acids is 1. The van der Waals surface area contributed by atoms with Crippen molar-refractivity contribution < 1.29 is 4.79 Å². The molecule has 1 fully saturated rings. The highest BCUT2D eigenvalue weighted by Crippen LogP contribution is 2.40. The molecule has 1 saturated carbocycles. The van der Waals surface area contributed by atoms with Crippen LogP contribution in [0.5, 0.6) is 0 Å². The molecule has 1 atom stereocenters. The molecule has 2 aromatic heterocycles. The van der Waals surface area contributed by atoms with Gasteiger partial charge in [-0.15, -0.1) is 5.10 Å². The number of para-hydroxylation sites is 1. The standard InChI is InChI=1S/C17H18N6O/c1-9(15-21-17(18)23-22-15)19-16(24)12-8-14(10-6-7-10)20-13-5-3-2-4-11(12)13/h2-5,8-10H,6-7H2,1H3,(H,19,24)(H3,18,21,22,23)/t9-/m1/s1. The van der Waals surface area contributed by atoms with Crippen LogP contribution in [0.25, 0.3) is 10.9 Å². The van der Waals surface area contributed by atoms with E-state index in [0.29, 0.717) is 17.3 Å². The number of hydrogen-bond acceptors (Lipinski definition) is 5. The van der Waals surface area contributed by atoms with Gasteiger partial charge in [0.2, 0.25) is 5.95 Å². The molecule has 0 spiro atoms. The van der Waals surface area contributed by atoms with Crippen LogP contribution in [0.15, 0.2) is 30.3 Å². The number of hydrogen-bond donors (Lipinski definition) is 3. The third-order valence-corrected chi connectivity index (χ3v) is 4.25. The molecule has 0 unspecified atom stereocenters. The van der Waals surface area contributed by atoms with Crippen LogP contribution in [-0.2, 0) is 0 Å². The van der Waals surface area contributed by atoms with Gasteiger partial charge in [-0.2, -0.15) is 4.98 Å². The normalized spacial score (nSPS) is 15.4. The lowest BCUT2D eigenvalue weighted by Crippen LogP contribution is -2.27. The number of nitrogens with one attached hydrogen (secondary N) is 2. The van der Waals surface area contributed by atoms with Crippen molar-refractivity contribution in [3.05, 3.63) is 47.4 Å². The summed E-state index contributed by atoms with van der Waals surface area (Å²) in [6.07, 6.45) is 2.28. The largest absolute Gasteiger partial charge is 0.367 e. The molecular weight excluding hydrogens is 304 g/mol. The van der Waals surface area contributed by atoms with Crippen LogP contribution in [0.2, 0.25) is 0 Å². The maximum Gasteiger partial charge on any atom is 0.252 e. The fourth-order valence-corrected chi connectivity index (χ4v) is 2.80. The number of pyridine rings is 1. The molecule has 1 aromatic carbocycles. The van der Waals surface area contributed by atoms with Gasteiger partial charge in [0.1, 0.15) is 5.82 Å². The Balaban J connectivity index is 1.68. The molecular formula is C17H18N6O. The summed E-state index contributed by atoms with van der Waals surface area (Å²) in [5, 5.41) is 10.3.